The van der Waals surface area contributed by atoms with Gasteiger partial charge in [-0.05, 0) is 73.8 Å². The Hall–Kier alpha value is -2.24. The van der Waals surface area contributed by atoms with E-state index in [4.69, 9.17) is 9.47 Å². The lowest BCUT2D eigenvalue weighted by Crippen LogP contribution is -2.40. The molecule has 3 rings (SSSR count). The summed E-state index contributed by atoms with van der Waals surface area (Å²) in [7, 11) is 1.63. The summed E-state index contributed by atoms with van der Waals surface area (Å²) in [4.78, 5) is 2.29. The van der Waals surface area contributed by atoms with Gasteiger partial charge in [0.15, 0.2) is 0 Å². The standard InChI is InChI=1S/C21H27NO4/c1-25-20-6-8-21(9-7-20)26-15-19(24)14-22-12-10-17(11-13-22)16-2-4-18(23)5-3-16/h2-9,17,19,23-24H,10-15H2,1H3/t19-/m0/s1. The third kappa shape index (κ3) is 5.13. The topological polar surface area (TPSA) is 62.2 Å². The van der Waals surface area contributed by atoms with E-state index in [1.54, 1.807) is 19.2 Å². The number of piperidine rings is 1. The zero-order chi connectivity index (χ0) is 18.4. The first-order valence-corrected chi connectivity index (χ1v) is 9.10. The van der Waals surface area contributed by atoms with E-state index in [9.17, 15) is 10.2 Å². The van der Waals surface area contributed by atoms with E-state index in [1.165, 1.54) is 5.56 Å². The van der Waals surface area contributed by atoms with Crippen molar-refractivity contribution in [1.29, 1.82) is 0 Å². The van der Waals surface area contributed by atoms with Crippen LogP contribution in [0.25, 0.3) is 0 Å². The highest BCUT2D eigenvalue weighted by atomic mass is 16.5. The van der Waals surface area contributed by atoms with Crippen LogP contribution in [0.5, 0.6) is 17.2 Å². The molecule has 1 aliphatic heterocycles. The SMILES string of the molecule is COc1ccc(OC[C@@H](O)CN2CCC(c3ccc(O)cc3)CC2)cc1. The summed E-state index contributed by atoms with van der Waals surface area (Å²) in [6, 6.07) is 14.9. The fourth-order valence-electron chi connectivity index (χ4n) is 3.41. The average molecular weight is 357 g/mol. The van der Waals surface area contributed by atoms with Gasteiger partial charge in [0.1, 0.15) is 30.0 Å². The smallest absolute Gasteiger partial charge is 0.119 e. The zero-order valence-corrected chi connectivity index (χ0v) is 15.2. The summed E-state index contributed by atoms with van der Waals surface area (Å²) in [5.41, 5.74) is 1.28. The van der Waals surface area contributed by atoms with Gasteiger partial charge < -0.3 is 24.6 Å². The minimum atomic E-state index is -0.512. The van der Waals surface area contributed by atoms with Gasteiger partial charge in [0.25, 0.3) is 0 Å². The second-order valence-corrected chi connectivity index (χ2v) is 6.81. The maximum Gasteiger partial charge on any atom is 0.119 e. The molecule has 2 aromatic carbocycles. The molecule has 1 saturated heterocycles. The van der Waals surface area contributed by atoms with Crippen molar-refractivity contribution >= 4 is 0 Å². The normalized spacial score (nSPS) is 17.0. The van der Waals surface area contributed by atoms with Gasteiger partial charge in [0.2, 0.25) is 0 Å². The van der Waals surface area contributed by atoms with Crippen molar-refractivity contribution in [2.24, 2.45) is 0 Å². The number of methoxy groups -OCH3 is 1. The Morgan fingerprint density at radius 3 is 2.23 bits per heavy atom. The molecule has 2 N–H and O–H groups in total. The number of phenolic OH excluding ortho intramolecular Hbond substituents is 1. The molecule has 5 nitrogen and oxygen atoms in total. The molecular formula is C21H27NO4. The number of nitrogens with zero attached hydrogens (tertiary/aromatic N) is 1. The molecule has 140 valence electrons. The second-order valence-electron chi connectivity index (χ2n) is 6.81. The third-order valence-electron chi connectivity index (χ3n) is 4.92. The average Bonchev–Trinajstić information content (AvgIpc) is 2.68. The van der Waals surface area contributed by atoms with Crippen molar-refractivity contribution in [3.63, 3.8) is 0 Å². The summed E-state index contributed by atoms with van der Waals surface area (Å²) in [5.74, 6) is 2.36. The fraction of sp³-hybridized carbons (Fsp3) is 0.429. The summed E-state index contributed by atoms with van der Waals surface area (Å²) in [6.45, 7) is 2.83. The van der Waals surface area contributed by atoms with Gasteiger partial charge in [-0.2, -0.15) is 0 Å². The highest BCUT2D eigenvalue weighted by Gasteiger charge is 2.22. The van der Waals surface area contributed by atoms with Crippen LogP contribution in [0.1, 0.15) is 24.3 Å². The molecule has 1 atom stereocenters. The molecule has 5 heteroatoms. The number of benzene rings is 2. The largest absolute Gasteiger partial charge is 0.508 e. The maximum atomic E-state index is 10.3. The molecule has 1 aliphatic rings. The van der Waals surface area contributed by atoms with E-state index in [-0.39, 0.29) is 6.61 Å². The Morgan fingerprint density at radius 2 is 1.62 bits per heavy atom. The van der Waals surface area contributed by atoms with Crippen LogP contribution in [-0.4, -0.2) is 54.6 Å². The van der Waals surface area contributed by atoms with Gasteiger partial charge in [-0.15, -0.1) is 0 Å². The Labute approximate surface area is 154 Å². The first-order chi connectivity index (χ1) is 12.6. The molecule has 0 aromatic heterocycles. The van der Waals surface area contributed by atoms with Gasteiger partial charge in [0, 0.05) is 6.54 Å². The van der Waals surface area contributed by atoms with Gasteiger partial charge in [-0.3, -0.25) is 0 Å². The second kappa shape index (κ2) is 8.92. The van der Waals surface area contributed by atoms with E-state index in [1.807, 2.05) is 36.4 Å². The van der Waals surface area contributed by atoms with Crippen LogP contribution < -0.4 is 9.47 Å². The van der Waals surface area contributed by atoms with Gasteiger partial charge in [-0.1, -0.05) is 12.1 Å². The molecular weight excluding hydrogens is 330 g/mol. The molecule has 0 unspecified atom stereocenters. The summed E-state index contributed by atoms with van der Waals surface area (Å²) >= 11 is 0. The number of hydrogen-bond acceptors (Lipinski definition) is 5. The molecule has 0 aliphatic carbocycles. The van der Waals surface area contributed by atoms with Crippen LogP contribution in [0, 0.1) is 0 Å². The highest BCUT2D eigenvalue weighted by Crippen LogP contribution is 2.29. The minimum Gasteiger partial charge on any atom is -0.508 e. The number of aliphatic hydroxyl groups excluding tert-OH is 1. The van der Waals surface area contributed by atoms with Gasteiger partial charge >= 0.3 is 0 Å². The number of β-amino-alcohol motifs (C(OH)–C–C–N with tert-alkyl or cyclic N) is 1. The third-order valence-corrected chi connectivity index (χ3v) is 4.92. The molecule has 26 heavy (non-hydrogen) atoms. The first kappa shape index (κ1) is 18.5. The van der Waals surface area contributed by atoms with Gasteiger partial charge in [0.05, 0.1) is 7.11 Å². The van der Waals surface area contributed by atoms with Crippen LogP contribution >= 0.6 is 0 Å². The Bertz CT molecular complexity index is 663. The van der Waals surface area contributed by atoms with Gasteiger partial charge in [-0.25, -0.2) is 0 Å². The lowest BCUT2D eigenvalue weighted by Gasteiger charge is -2.33. The van der Waals surface area contributed by atoms with Crippen LogP contribution in [0.3, 0.4) is 0 Å². The maximum absolute atomic E-state index is 10.3. The summed E-state index contributed by atoms with van der Waals surface area (Å²) in [5, 5.41) is 19.7. The van der Waals surface area contributed by atoms with Crippen LogP contribution in [0.15, 0.2) is 48.5 Å². The van der Waals surface area contributed by atoms with E-state index < -0.39 is 6.10 Å². The summed E-state index contributed by atoms with van der Waals surface area (Å²) < 4.78 is 10.8. The van der Waals surface area contributed by atoms with Crippen molar-refractivity contribution in [3.8, 4) is 17.2 Å². The molecule has 0 bridgehead atoms. The number of phenols is 1. The number of rotatable bonds is 7. The van der Waals surface area contributed by atoms with Crippen molar-refractivity contribution in [1.82, 2.24) is 4.90 Å². The Morgan fingerprint density at radius 1 is 1.00 bits per heavy atom. The molecule has 0 saturated carbocycles. The van der Waals surface area contributed by atoms with Crippen LogP contribution in [-0.2, 0) is 0 Å². The van der Waals surface area contributed by atoms with Crippen LogP contribution in [0.2, 0.25) is 0 Å². The molecule has 0 spiro atoms. The molecule has 1 fully saturated rings. The number of ether oxygens (including phenoxy) is 2. The fourth-order valence-corrected chi connectivity index (χ4v) is 3.41. The number of aliphatic hydroxyl groups is 1. The molecule has 2 aromatic rings. The van der Waals surface area contributed by atoms with Crippen molar-refractivity contribution in [3.05, 3.63) is 54.1 Å². The number of likely N-dealkylation sites (tertiary alicyclic amines) is 1. The van der Waals surface area contributed by atoms with E-state index in [0.717, 1.165) is 37.4 Å². The molecule has 0 amide bonds. The van der Waals surface area contributed by atoms with E-state index >= 15 is 0 Å². The zero-order valence-electron chi connectivity index (χ0n) is 15.2. The van der Waals surface area contributed by atoms with Crippen molar-refractivity contribution in [2.75, 3.05) is 33.4 Å². The number of hydrogen-bond donors (Lipinski definition) is 2. The first-order valence-electron chi connectivity index (χ1n) is 9.10. The Balaban J connectivity index is 1.40. The lowest BCUT2D eigenvalue weighted by molar-refractivity contribution is 0.0594. The Kier molecular flexibility index (Phi) is 6.36. The monoisotopic (exact) mass is 357 g/mol. The predicted molar refractivity (Wildman–Crippen MR) is 101 cm³/mol. The summed E-state index contributed by atoms with van der Waals surface area (Å²) in [6.07, 6.45) is 1.62. The highest BCUT2D eigenvalue weighted by molar-refractivity contribution is 5.31. The quantitative estimate of drug-likeness (QED) is 0.798. The predicted octanol–water partition coefficient (Wildman–Crippen LogP) is 3.02. The van der Waals surface area contributed by atoms with Crippen molar-refractivity contribution in [2.45, 2.75) is 24.9 Å². The molecule has 1 heterocycles. The van der Waals surface area contributed by atoms with Crippen LogP contribution in [0.4, 0.5) is 0 Å². The van der Waals surface area contributed by atoms with Crippen molar-refractivity contribution < 1.29 is 19.7 Å². The molecule has 0 radical (unpaired) electrons. The van der Waals surface area contributed by atoms with E-state index in [0.29, 0.717) is 18.2 Å². The lowest BCUT2D eigenvalue weighted by atomic mass is 9.89. The van der Waals surface area contributed by atoms with E-state index in [2.05, 4.69) is 4.90 Å². The number of aromatic hydroxyl groups is 1. The minimum absolute atomic E-state index is 0.282.